The van der Waals surface area contributed by atoms with Crippen molar-refractivity contribution >= 4 is 11.6 Å². The first-order valence-electron chi connectivity index (χ1n) is 11.8. The predicted molar refractivity (Wildman–Crippen MR) is 134 cm³/mol. The summed E-state index contributed by atoms with van der Waals surface area (Å²) in [4.78, 5) is 16.9. The minimum atomic E-state index is -0.389. The fourth-order valence-corrected chi connectivity index (χ4v) is 3.92. The van der Waals surface area contributed by atoms with Gasteiger partial charge in [0, 0.05) is 12.1 Å². The van der Waals surface area contributed by atoms with Crippen LogP contribution >= 0.6 is 0 Å². The van der Waals surface area contributed by atoms with Crippen molar-refractivity contribution in [1.82, 2.24) is 14.8 Å². The fourth-order valence-electron chi connectivity index (χ4n) is 3.92. The van der Waals surface area contributed by atoms with Crippen LogP contribution in [0.2, 0.25) is 0 Å². The average molecular weight is 467 g/mol. The molecule has 2 aromatic carbocycles. The van der Waals surface area contributed by atoms with E-state index in [1.807, 2.05) is 38.1 Å². The molecule has 0 aliphatic carbocycles. The molecular weight excluding hydrogens is 431 g/mol. The maximum atomic E-state index is 14.5. The Labute approximate surface area is 201 Å². The lowest BCUT2D eigenvalue weighted by molar-refractivity contribution is -0.117. The zero-order chi connectivity index (χ0) is 24.9. The molecule has 1 unspecified atom stereocenters. The van der Waals surface area contributed by atoms with Crippen LogP contribution in [-0.4, -0.2) is 27.3 Å². The fraction of sp³-hybridized carbons (Fsp3) is 0.444. The summed E-state index contributed by atoms with van der Waals surface area (Å²) < 4.78 is 21.8. The number of halogens is 1. The summed E-state index contributed by atoms with van der Waals surface area (Å²) in [6.45, 7) is 13.2. The molecule has 1 amide bonds. The number of ether oxygens (including phenoxy) is 1. The van der Waals surface area contributed by atoms with E-state index in [-0.39, 0.29) is 23.1 Å². The number of nitrogens with zero attached hydrogens (tertiary/aromatic N) is 3. The highest BCUT2D eigenvalue weighted by Gasteiger charge is 2.19. The van der Waals surface area contributed by atoms with E-state index in [9.17, 15) is 9.18 Å². The summed E-state index contributed by atoms with van der Waals surface area (Å²) in [6, 6.07) is 13.9. The van der Waals surface area contributed by atoms with Crippen LogP contribution in [0.25, 0.3) is 17.1 Å². The lowest BCUT2D eigenvalue weighted by Gasteiger charge is -2.22. The molecule has 0 saturated carbocycles. The number of amides is 1. The second kappa shape index (κ2) is 10.8. The number of carbonyl (C=O) groups excluding carboxylic acids is 1. The van der Waals surface area contributed by atoms with Gasteiger partial charge in [0.15, 0.2) is 5.82 Å². The Morgan fingerprint density at radius 1 is 1.09 bits per heavy atom. The number of aromatic nitrogens is 3. The van der Waals surface area contributed by atoms with Crippen LogP contribution in [0, 0.1) is 23.1 Å². The van der Waals surface area contributed by atoms with Crippen molar-refractivity contribution in [2.45, 2.75) is 54.4 Å². The standard InChI is InChI=1S/C27H35FN4O2/c1-18(2)17-34-26-30-25(22-9-7-8-10-23(22)28)32(31-26)21-13-11-20(12-14-21)29-24(33)15-19(3)16-27(4,5)6/h7-14,18-19H,15-17H2,1-6H3,(H,29,33). The van der Waals surface area contributed by atoms with Crippen molar-refractivity contribution in [3.8, 4) is 23.1 Å². The average Bonchev–Trinajstić information content (AvgIpc) is 3.15. The molecule has 1 N–H and O–H groups in total. The molecule has 0 radical (unpaired) electrons. The molecule has 1 atom stereocenters. The summed E-state index contributed by atoms with van der Waals surface area (Å²) in [7, 11) is 0. The van der Waals surface area contributed by atoms with E-state index in [1.165, 1.54) is 6.07 Å². The Morgan fingerprint density at radius 2 is 1.76 bits per heavy atom. The quantitative estimate of drug-likeness (QED) is 0.390. The SMILES string of the molecule is CC(C)COc1nc(-c2ccccc2F)n(-c2ccc(NC(=O)CC(C)CC(C)(C)C)cc2)n1. The molecule has 1 heterocycles. The second-order valence-electron chi connectivity index (χ2n) is 10.5. The van der Waals surface area contributed by atoms with Crippen LogP contribution in [0.3, 0.4) is 0 Å². The molecule has 0 fully saturated rings. The number of anilines is 1. The van der Waals surface area contributed by atoms with Gasteiger partial charge in [0.05, 0.1) is 17.9 Å². The van der Waals surface area contributed by atoms with Gasteiger partial charge in [-0.15, -0.1) is 5.10 Å². The Hall–Kier alpha value is -3.22. The summed E-state index contributed by atoms with van der Waals surface area (Å²) in [6.07, 6.45) is 1.45. The van der Waals surface area contributed by atoms with E-state index >= 15 is 0 Å². The minimum absolute atomic E-state index is 0.0123. The zero-order valence-corrected chi connectivity index (χ0v) is 20.9. The third-order valence-electron chi connectivity index (χ3n) is 5.14. The largest absolute Gasteiger partial charge is 0.462 e. The molecular formula is C27H35FN4O2. The highest BCUT2D eigenvalue weighted by Crippen LogP contribution is 2.28. The van der Waals surface area contributed by atoms with Crippen LogP contribution in [0.5, 0.6) is 6.01 Å². The topological polar surface area (TPSA) is 69.0 Å². The van der Waals surface area contributed by atoms with E-state index in [2.05, 4.69) is 43.1 Å². The number of hydrogen-bond acceptors (Lipinski definition) is 4. The molecule has 0 bridgehead atoms. The first kappa shape index (κ1) is 25.4. The first-order chi connectivity index (χ1) is 16.0. The Bertz CT molecular complexity index is 1100. The number of hydrogen-bond donors (Lipinski definition) is 1. The smallest absolute Gasteiger partial charge is 0.336 e. The van der Waals surface area contributed by atoms with E-state index < -0.39 is 0 Å². The van der Waals surface area contributed by atoms with Crippen LogP contribution in [0.15, 0.2) is 48.5 Å². The molecule has 0 aliphatic heterocycles. The Kier molecular flexibility index (Phi) is 8.07. The minimum Gasteiger partial charge on any atom is -0.462 e. The molecule has 0 spiro atoms. The second-order valence-corrected chi connectivity index (χ2v) is 10.5. The van der Waals surface area contributed by atoms with Gasteiger partial charge in [0.1, 0.15) is 5.82 Å². The first-order valence-corrected chi connectivity index (χ1v) is 11.8. The van der Waals surface area contributed by atoms with Crippen LogP contribution in [-0.2, 0) is 4.79 Å². The van der Waals surface area contributed by atoms with Crippen LogP contribution in [0.1, 0.15) is 54.4 Å². The van der Waals surface area contributed by atoms with Gasteiger partial charge < -0.3 is 10.1 Å². The normalized spacial score (nSPS) is 12.6. The molecule has 34 heavy (non-hydrogen) atoms. The van der Waals surface area contributed by atoms with Gasteiger partial charge in [0.2, 0.25) is 5.91 Å². The van der Waals surface area contributed by atoms with Gasteiger partial charge >= 0.3 is 6.01 Å². The van der Waals surface area contributed by atoms with Gasteiger partial charge in [0.25, 0.3) is 0 Å². The van der Waals surface area contributed by atoms with Gasteiger partial charge in [-0.05, 0) is 60.1 Å². The molecule has 0 saturated heterocycles. The highest BCUT2D eigenvalue weighted by molar-refractivity contribution is 5.90. The van der Waals surface area contributed by atoms with Crippen LogP contribution in [0.4, 0.5) is 10.1 Å². The summed E-state index contributed by atoms with van der Waals surface area (Å²) in [5, 5.41) is 7.42. The van der Waals surface area contributed by atoms with E-state index in [1.54, 1.807) is 22.9 Å². The number of rotatable bonds is 9. The molecule has 0 aliphatic rings. The van der Waals surface area contributed by atoms with E-state index in [0.717, 1.165) is 6.42 Å². The van der Waals surface area contributed by atoms with Crippen molar-refractivity contribution < 1.29 is 13.9 Å². The molecule has 3 rings (SSSR count). The number of benzene rings is 2. The van der Waals surface area contributed by atoms with Crippen molar-refractivity contribution in [2.75, 3.05) is 11.9 Å². The van der Waals surface area contributed by atoms with Crippen molar-refractivity contribution in [3.05, 3.63) is 54.3 Å². The maximum Gasteiger partial charge on any atom is 0.336 e. The van der Waals surface area contributed by atoms with Gasteiger partial charge in [-0.3, -0.25) is 4.79 Å². The lowest BCUT2D eigenvalue weighted by atomic mass is 9.84. The lowest BCUT2D eigenvalue weighted by Crippen LogP contribution is -2.18. The molecule has 7 heteroatoms. The molecule has 6 nitrogen and oxygen atoms in total. The third-order valence-corrected chi connectivity index (χ3v) is 5.14. The summed E-state index contributed by atoms with van der Waals surface area (Å²) in [5.41, 5.74) is 1.90. The Balaban J connectivity index is 1.80. The maximum absolute atomic E-state index is 14.5. The molecule has 1 aromatic heterocycles. The van der Waals surface area contributed by atoms with Crippen molar-refractivity contribution in [3.63, 3.8) is 0 Å². The zero-order valence-electron chi connectivity index (χ0n) is 20.9. The number of carbonyl (C=O) groups is 1. The monoisotopic (exact) mass is 466 g/mol. The van der Waals surface area contributed by atoms with E-state index in [0.29, 0.717) is 47.6 Å². The third kappa shape index (κ3) is 7.14. The van der Waals surface area contributed by atoms with Gasteiger partial charge in [-0.2, -0.15) is 4.98 Å². The highest BCUT2D eigenvalue weighted by atomic mass is 19.1. The van der Waals surface area contributed by atoms with Gasteiger partial charge in [-0.1, -0.05) is 53.7 Å². The summed E-state index contributed by atoms with van der Waals surface area (Å²) in [5.74, 6) is 0.547. The van der Waals surface area contributed by atoms with Crippen LogP contribution < -0.4 is 10.1 Å². The summed E-state index contributed by atoms with van der Waals surface area (Å²) >= 11 is 0. The molecule has 182 valence electrons. The predicted octanol–water partition coefficient (Wildman–Crippen LogP) is 6.51. The van der Waals surface area contributed by atoms with Gasteiger partial charge in [-0.25, -0.2) is 9.07 Å². The molecule has 3 aromatic rings. The Morgan fingerprint density at radius 3 is 2.38 bits per heavy atom. The number of nitrogens with one attached hydrogen (secondary N) is 1. The van der Waals surface area contributed by atoms with Crippen molar-refractivity contribution in [1.29, 1.82) is 0 Å². The van der Waals surface area contributed by atoms with E-state index in [4.69, 9.17) is 4.74 Å². The van der Waals surface area contributed by atoms with Crippen molar-refractivity contribution in [2.24, 2.45) is 17.3 Å².